The summed E-state index contributed by atoms with van der Waals surface area (Å²) in [6, 6.07) is 1.69. The number of aromatic nitrogens is 1. The Bertz CT molecular complexity index is 429. The van der Waals surface area contributed by atoms with Crippen LogP contribution in [-0.4, -0.2) is 17.4 Å². The van der Waals surface area contributed by atoms with E-state index in [-0.39, 0.29) is 11.7 Å². The normalized spacial score (nSPS) is 16.9. The van der Waals surface area contributed by atoms with E-state index in [0.717, 1.165) is 4.47 Å². The number of hydrogen-bond donors (Lipinski definition) is 2. The molecule has 16 heavy (non-hydrogen) atoms. The molecule has 2 rings (SSSR count). The van der Waals surface area contributed by atoms with Crippen molar-refractivity contribution in [2.75, 3.05) is 12.3 Å². The van der Waals surface area contributed by atoms with E-state index in [1.54, 1.807) is 12.3 Å². The minimum atomic E-state index is -0.153. The number of pyridine rings is 1. The van der Waals surface area contributed by atoms with Crippen LogP contribution < -0.4 is 11.1 Å². The highest BCUT2D eigenvalue weighted by molar-refractivity contribution is 9.10. The molecule has 0 spiro atoms. The van der Waals surface area contributed by atoms with Crippen LogP contribution in [0, 0.1) is 5.41 Å². The topological polar surface area (TPSA) is 68.0 Å². The molecule has 1 aliphatic carbocycles. The molecule has 1 aromatic rings. The Hall–Kier alpha value is -1.10. The number of nitrogen functional groups attached to an aromatic ring is 1. The zero-order valence-electron chi connectivity index (χ0n) is 9.09. The predicted octanol–water partition coefficient (Wildman–Crippen LogP) is 1.96. The Morgan fingerprint density at radius 2 is 2.38 bits per heavy atom. The average Bonchev–Trinajstić information content (AvgIpc) is 2.97. The molecule has 5 heteroatoms. The van der Waals surface area contributed by atoms with Crippen LogP contribution in [0.5, 0.6) is 0 Å². The first-order chi connectivity index (χ1) is 7.50. The average molecular weight is 284 g/mol. The minimum Gasteiger partial charge on any atom is -0.383 e. The molecule has 1 fully saturated rings. The Kier molecular flexibility index (Phi) is 2.88. The van der Waals surface area contributed by atoms with Crippen molar-refractivity contribution in [3.63, 3.8) is 0 Å². The van der Waals surface area contributed by atoms with Gasteiger partial charge in [-0.3, -0.25) is 4.79 Å². The van der Waals surface area contributed by atoms with E-state index in [1.165, 1.54) is 12.8 Å². The highest BCUT2D eigenvalue weighted by Crippen LogP contribution is 2.44. The van der Waals surface area contributed by atoms with Crippen LogP contribution in [0.1, 0.15) is 30.1 Å². The fourth-order valence-electron chi connectivity index (χ4n) is 1.41. The van der Waals surface area contributed by atoms with Crippen molar-refractivity contribution in [1.82, 2.24) is 10.3 Å². The van der Waals surface area contributed by atoms with Gasteiger partial charge >= 0.3 is 0 Å². The molecule has 0 aliphatic heterocycles. The smallest absolute Gasteiger partial charge is 0.255 e. The van der Waals surface area contributed by atoms with Crippen LogP contribution in [0.2, 0.25) is 0 Å². The summed E-state index contributed by atoms with van der Waals surface area (Å²) in [5.41, 5.74) is 6.38. The van der Waals surface area contributed by atoms with Gasteiger partial charge in [-0.15, -0.1) is 0 Å². The largest absolute Gasteiger partial charge is 0.383 e. The summed E-state index contributed by atoms with van der Waals surface area (Å²) in [7, 11) is 0. The van der Waals surface area contributed by atoms with E-state index in [2.05, 4.69) is 33.2 Å². The predicted molar refractivity (Wildman–Crippen MR) is 66.0 cm³/mol. The molecule has 3 N–H and O–H groups in total. The van der Waals surface area contributed by atoms with Crippen LogP contribution in [0.4, 0.5) is 5.82 Å². The number of nitrogens with two attached hydrogens (primary N) is 1. The number of amides is 1. The maximum atomic E-state index is 11.8. The molecule has 1 aliphatic rings. The Morgan fingerprint density at radius 3 is 3.00 bits per heavy atom. The fraction of sp³-hybridized carbons (Fsp3) is 0.455. The van der Waals surface area contributed by atoms with E-state index in [4.69, 9.17) is 5.73 Å². The first-order valence-electron chi connectivity index (χ1n) is 5.19. The Labute approximate surface area is 103 Å². The molecule has 0 unspecified atom stereocenters. The van der Waals surface area contributed by atoms with Gasteiger partial charge in [-0.1, -0.05) is 6.92 Å². The van der Waals surface area contributed by atoms with Gasteiger partial charge in [0, 0.05) is 17.2 Å². The fourth-order valence-corrected chi connectivity index (χ4v) is 1.74. The maximum absolute atomic E-state index is 11.8. The molecule has 0 saturated heterocycles. The second-order valence-electron chi connectivity index (χ2n) is 4.58. The summed E-state index contributed by atoms with van der Waals surface area (Å²) in [4.78, 5) is 15.8. The van der Waals surface area contributed by atoms with Crippen LogP contribution in [0.3, 0.4) is 0 Å². The SMILES string of the molecule is CC1(CNC(=O)c2cc(Br)cnc2N)CC1. The maximum Gasteiger partial charge on any atom is 0.255 e. The van der Waals surface area contributed by atoms with Crippen LogP contribution >= 0.6 is 15.9 Å². The van der Waals surface area contributed by atoms with Gasteiger partial charge in [0.2, 0.25) is 0 Å². The monoisotopic (exact) mass is 283 g/mol. The van der Waals surface area contributed by atoms with Crippen molar-refractivity contribution >= 4 is 27.7 Å². The Morgan fingerprint density at radius 1 is 1.69 bits per heavy atom. The summed E-state index contributed by atoms with van der Waals surface area (Å²) in [6.45, 7) is 2.87. The van der Waals surface area contributed by atoms with E-state index in [0.29, 0.717) is 17.5 Å². The molecule has 0 radical (unpaired) electrons. The lowest BCUT2D eigenvalue weighted by Gasteiger charge is -2.11. The number of hydrogen-bond acceptors (Lipinski definition) is 3. The lowest BCUT2D eigenvalue weighted by Crippen LogP contribution is -2.29. The zero-order valence-corrected chi connectivity index (χ0v) is 10.7. The Balaban J connectivity index is 2.05. The van der Waals surface area contributed by atoms with E-state index < -0.39 is 0 Å². The number of rotatable bonds is 3. The molecular weight excluding hydrogens is 270 g/mol. The summed E-state index contributed by atoms with van der Waals surface area (Å²) < 4.78 is 0.754. The molecule has 1 saturated carbocycles. The van der Waals surface area contributed by atoms with Gasteiger partial charge in [0.1, 0.15) is 5.82 Å². The lowest BCUT2D eigenvalue weighted by atomic mass is 10.1. The summed E-state index contributed by atoms with van der Waals surface area (Å²) in [5, 5.41) is 2.89. The van der Waals surface area contributed by atoms with Gasteiger partial charge in [-0.05, 0) is 40.3 Å². The molecular formula is C11H14BrN3O. The summed E-state index contributed by atoms with van der Waals surface area (Å²) in [5.74, 6) is 0.112. The van der Waals surface area contributed by atoms with Gasteiger partial charge in [0.25, 0.3) is 5.91 Å². The van der Waals surface area contributed by atoms with Crippen molar-refractivity contribution < 1.29 is 4.79 Å². The second kappa shape index (κ2) is 4.05. The molecule has 1 amide bonds. The van der Waals surface area contributed by atoms with Gasteiger partial charge < -0.3 is 11.1 Å². The zero-order chi connectivity index (χ0) is 11.8. The van der Waals surface area contributed by atoms with Gasteiger partial charge in [0.05, 0.1) is 5.56 Å². The van der Waals surface area contributed by atoms with Crippen molar-refractivity contribution in [2.45, 2.75) is 19.8 Å². The molecule has 0 atom stereocenters. The van der Waals surface area contributed by atoms with E-state index in [1.807, 2.05) is 0 Å². The molecule has 1 heterocycles. The molecule has 86 valence electrons. The highest BCUT2D eigenvalue weighted by Gasteiger charge is 2.37. The number of nitrogens with zero attached hydrogens (tertiary/aromatic N) is 1. The number of anilines is 1. The molecule has 0 bridgehead atoms. The highest BCUT2D eigenvalue weighted by atomic mass is 79.9. The quantitative estimate of drug-likeness (QED) is 0.891. The molecule has 0 aromatic carbocycles. The number of halogens is 1. The van der Waals surface area contributed by atoms with Crippen LogP contribution in [0.25, 0.3) is 0 Å². The van der Waals surface area contributed by atoms with Crippen molar-refractivity contribution in [3.8, 4) is 0 Å². The van der Waals surface area contributed by atoms with Gasteiger partial charge in [-0.2, -0.15) is 0 Å². The summed E-state index contributed by atoms with van der Waals surface area (Å²) >= 11 is 3.27. The van der Waals surface area contributed by atoms with Gasteiger partial charge in [0.15, 0.2) is 0 Å². The third-order valence-corrected chi connectivity index (χ3v) is 3.34. The van der Waals surface area contributed by atoms with Crippen LogP contribution in [0.15, 0.2) is 16.7 Å². The molecule has 4 nitrogen and oxygen atoms in total. The number of carbonyl (C=O) groups excluding carboxylic acids is 1. The van der Waals surface area contributed by atoms with E-state index in [9.17, 15) is 4.79 Å². The minimum absolute atomic E-state index is 0.153. The first kappa shape index (κ1) is 11.4. The van der Waals surface area contributed by atoms with Crippen LogP contribution in [-0.2, 0) is 0 Å². The third kappa shape index (κ3) is 2.52. The van der Waals surface area contributed by atoms with Crippen molar-refractivity contribution in [1.29, 1.82) is 0 Å². The lowest BCUT2D eigenvalue weighted by molar-refractivity contribution is 0.0946. The van der Waals surface area contributed by atoms with Gasteiger partial charge in [-0.25, -0.2) is 4.98 Å². The first-order valence-corrected chi connectivity index (χ1v) is 5.99. The number of nitrogens with one attached hydrogen (secondary N) is 1. The third-order valence-electron chi connectivity index (χ3n) is 2.91. The second-order valence-corrected chi connectivity index (χ2v) is 5.50. The number of carbonyl (C=O) groups is 1. The van der Waals surface area contributed by atoms with E-state index >= 15 is 0 Å². The summed E-state index contributed by atoms with van der Waals surface area (Å²) in [6.07, 6.45) is 3.94. The van der Waals surface area contributed by atoms with Crippen molar-refractivity contribution in [2.24, 2.45) is 5.41 Å². The molecule has 1 aromatic heterocycles. The standard InChI is InChI=1S/C11H14BrN3O/c1-11(2-3-11)6-15-10(16)8-4-7(12)5-14-9(8)13/h4-5H,2-3,6H2,1H3,(H2,13,14)(H,15,16). The van der Waals surface area contributed by atoms with Crippen molar-refractivity contribution in [3.05, 3.63) is 22.3 Å².